The molecule has 0 saturated carbocycles. The lowest BCUT2D eigenvalue weighted by atomic mass is 9.82. The molecule has 0 aliphatic carbocycles. The second kappa shape index (κ2) is 5.91. The zero-order chi connectivity index (χ0) is 13.9. The number of halogens is 1. The predicted molar refractivity (Wildman–Crippen MR) is 79.0 cm³/mol. The lowest BCUT2D eigenvalue weighted by molar-refractivity contribution is 0.279. The van der Waals surface area contributed by atoms with E-state index in [4.69, 9.17) is 0 Å². The molecule has 0 bridgehead atoms. The van der Waals surface area contributed by atoms with Crippen molar-refractivity contribution in [3.8, 4) is 0 Å². The van der Waals surface area contributed by atoms with E-state index in [0.29, 0.717) is 12.0 Å². The number of anilines is 1. The van der Waals surface area contributed by atoms with Crippen LogP contribution in [0.15, 0.2) is 18.2 Å². The molecule has 19 heavy (non-hydrogen) atoms. The van der Waals surface area contributed by atoms with Crippen LogP contribution in [0.5, 0.6) is 0 Å². The summed E-state index contributed by atoms with van der Waals surface area (Å²) < 4.78 is 14.0. The normalized spacial score (nSPS) is 18.6. The molecule has 0 aromatic heterocycles. The van der Waals surface area contributed by atoms with Crippen molar-refractivity contribution < 1.29 is 4.39 Å². The number of nitrogens with zero attached hydrogens (tertiary/aromatic N) is 1. The van der Waals surface area contributed by atoms with Gasteiger partial charge in [-0.05, 0) is 36.9 Å². The summed E-state index contributed by atoms with van der Waals surface area (Å²) in [5, 5.41) is 3.23. The summed E-state index contributed by atoms with van der Waals surface area (Å²) >= 11 is 0. The largest absolute Gasteiger partial charge is 0.371 e. The van der Waals surface area contributed by atoms with Crippen molar-refractivity contribution in [2.75, 3.05) is 24.5 Å². The average molecular weight is 264 g/mol. The van der Waals surface area contributed by atoms with Gasteiger partial charge in [0.05, 0.1) is 0 Å². The number of hydrogen-bond acceptors (Lipinski definition) is 2. The first-order valence-corrected chi connectivity index (χ1v) is 7.26. The molecule has 0 unspecified atom stereocenters. The Morgan fingerprint density at radius 1 is 1.26 bits per heavy atom. The Bertz CT molecular complexity index is 419. The SMILES string of the molecule is CCNCc1c(F)cccc1N1CCC(C)(C)CC1. The van der Waals surface area contributed by atoms with E-state index >= 15 is 0 Å². The highest BCUT2D eigenvalue weighted by atomic mass is 19.1. The molecular weight excluding hydrogens is 239 g/mol. The topological polar surface area (TPSA) is 15.3 Å². The van der Waals surface area contributed by atoms with Crippen molar-refractivity contribution in [1.29, 1.82) is 0 Å². The molecule has 3 heteroatoms. The zero-order valence-corrected chi connectivity index (χ0v) is 12.3. The molecule has 1 aliphatic heterocycles. The fourth-order valence-electron chi connectivity index (χ4n) is 2.62. The van der Waals surface area contributed by atoms with Crippen LogP contribution in [0, 0.1) is 11.2 Å². The first kappa shape index (κ1) is 14.3. The lowest BCUT2D eigenvalue weighted by Crippen LogP contribution is -2.38. The minimum Gasteiger partial charge on any atom is -0.371 e. The first-order valence-electron chi connectivity index (χ1n) is 7.26. The number of rotatable bonds is 4. The highest BCUT2D eigenvalue weighted by molar-refractivity contribution is 5.54. The third-order valence-electron chi connectivity index (χ3n) is 4.10. The van der Waals surface area contributed by atoms with E-state index < -0.39 is 0 Å². The molecular formula is C16H25FN2. The monoisotopic (exact) mass is 264 g/mol. The molecule has 2 nitrogen and oxygen atoms in total. The summed E-state index contributed by atoms with van der Waals surface area (Å²) in [4.78, 5) is 2.33. The molecule has 1 saturated heterocycles. The van der Waals surface area contributed by atoms with Crippen LogP contribution in [0.25, 0.3) is 0 Å². The third kappa shape index (κ3) is 3.47. The summed E-state index contributed by atoms with van der Waals surface area (Å²) in [6.45, 7) is 10.2. The van der Waals surface area contributed by atoms with E-state index in [0.717, 1.165) is 30.9 Å². The Kier molecular flexibility index (Phi) is 4.46. The number of nitrogens with one attached hydrogen (secondary N) is 1. The van der Waals surface area contributed by atoms with Gasteiger partial charge in [-0.25, -0.2) is 4.39 Å². The van der Waals surface area contributed by atoms with E-state index in [9.17, 15) is 4.39 Å². The summed E-state index contributed by atoms with van der Waals surface area (Å²) in [5.41, 5.74) is 2.30. The molecule has 1 heterocycles. The Morgan fingerprint density at radius 3 is 2.58 bits per heavy atom. The maximum absolute atomic E-state index is 14.0. The Morgan fingerprint density at radius 2 is 1.95 bits per heavy atom. The van der Waals surface area contributed by atoms with Crippen LogP contribution in [0.2, 0.25) is 0 Å². The summed E-state index contributed by atoms with van der Waals surface area (Å²) in [6, 6.07) is 5.43. The van der Waals surface area contributed by atoms with Crippen LogP contribution in [0.3, 0.4) is 0 Å². The van der Waals surface area contributed by atoms with Crippen molar-refractivity contribution in [2.45, 2.75) is 40.2 Å². The minimum atomic E-state index is -0.0942. The minimum absolute atomic E-state index is 0.0942. The van der Waals surface area contributed by atoms with Crippen molar-refractivity contribution in [3.63, 3.8) is 0 Å². The van der Waals surface area contributed by atoms with Crippen molar-refractivity contribution in [1.82, 2.24) is 5.32 Å². The summed E-state index contributed by atoms with van der Waals surface area (Å²) in [6.07, 6.45) is 2.34. The second-order valence-electron chi connectivity index (χ2n) is 6.17. The summed E-state index contributed by atoms with van der Waals surface area (Å²) in [5.74, 6) is -0.0942. The molecule has 0 radical (unpaired) electrons. The van der Waals surface area contributed by atoms with E-state index in [1.165, 1.54) is 12.8 Å². The molecule has 0 atom stereocenters. The number of piperidine rings is 1. The van der Waals surface area contributed by atoms with Crippen LogP contribution in [0.4, 0.5) is 10.1 Å². The maximum atomic E-state index is 14.0. The van der Waals surface area contributed by atoms with Gasteiger partial charge >= 0.3 is 0 Å². The van der Waals surface area contributed by atoms with E-state index in [2.05, 4.69) is 24.1 Å². The van der Waals surface area contributed by atoms with Gasteiger partial charge in [0.1, 0.15) is 5.82 Å². The predicted octanol–water partition coefficient (Wildman–Crippen LogP) is 3.56. The van der Waals surface area contributed by atoms with Crippen LogP contribution in [0.1, 0.15) is 39.2 Å². The van der Waals surface area contributed by atoms with Gasteiger partial charge in [-0.1, -0.05) is 26.8 Å². The average Bonchev–Trinajstić information content (AvgIpc) is 2.37. The van der Waals surface area contributed by atoms with Crippen LogP contribution in [-0.4, -0.2) is 19.6 Å². The van der Waals surface area contributed by atoms with Crippen molar-refractivity contribution in [2.24, 2.45) is 5.41 Å². The Hall–Kier alpha value is -1.09. The smallest absolute Gasteiger partial charge is 0.129 e. The van der Waals surface area contributed by atoms with Gasteiger partial charge in [0.2, 0.25) is 0 Å². The molecule has 1 N–H and O–H groups in total. The second-order valence-corrected chi connectivity index (χ2v) is 6.17. The van der Waals surface area contributed by atoms with Crippen LogP contribution < -0.4 is 10.2 Å². The van der Waals surface area contributed by atoms with Crippen LogP contribution >= 0.6 is 0 Å². The van der Waals surface area contributed by atoms with Crippen molar-refractivity contribution in [3.05, 3.63) is 29.6 Å². The van der Waals surface area contributed by atoms with Gasteiger partial charge < -0.3 is 10.2 Å². The van der Waals surface area contributed by atoms with E-state index in [1.54, 1.807) is 6.07 Å². The molecule has 1 fully saturated rings. The van der Waals surface area contributed by atoms with Gasteiger partial charge in [-0.3, -0.25) is 0 Å². The molecule has 0 spiro atoms. The van der Waals surface area contributed by atoms with Gasteiger partial charge in [-0.2, -0.15) is 0 Å². The van der Waals surface area contributed by atoms with E-state index in [1.807, 2.05) is 19.1 Å². The fraction of sp³-hybridized carbons (Fsp3) is 0.625. The number of hydrogen-bond donors (Lipinski definition) is 1. The quantitative estimate of drug-likeness (QED) is 0.894. The van der Waals surface area contributed by atoms with Gasteiger partial charge in [0, 0.05) is 30.9 Å². The number of benzene rings is 1. The Labute approximate surface area is 116 Å². The summed E-state index contributed by atoms with van der Waals surface area (Å²) in [7, 11) is 0. The molecule has 0 amide bonds. The molecule has 2 rings (SSSR count). The molecule has 1 aromatic carbocycles. The maximum Gasteiger partial charge on any atom is 0.129 e. The Balaban J connectivity index is 2.17. The zero-order valence-electron chi connectivity index (χ0n) is 12.3. The van der Waals surface area contributed by atoms with Gasteiger partial charge in [-0.15, -0.1) is 0 Å². The fourth-order valence-corrected chi connectivity index (χ4v) is 2.62. The van der Waals surface area contributed by atoms with Gasteiger partial charge in [0.15, 0.2) is 0 Å². The van der Waals surface area contributed by atoms with Gasteiger partial charge in [0.25, 0.3) is 0 Å². The highest BCUT2D eigenvalue weighted by Gasteiger charge is 2.26. The standard InChI is InChI=1S/C16H25FN2/c1-4-18-12-13-14(17)6-5-7-15(13)19-10-8-16(2,3)9-11-19/h5-7,18H,4,8-12H2,1-3H3. The first-order chi connectivity index (χ1) is 9.03. The third-order valence-corrected chi connectivity index (χ3v) is 4.10. The molecule has 1 aliphatic rings. The molecule has 106 valence electrons. The van der Waals surface area contributed by atoms with E-state index in [-0.39, 0.29) is 5.82 Å². The lowest BCUT2D eigenvalue weighted by Gasteiger charge is -2.39. The van der Waals surface area contributed by atoms with Crippen LogP contribution in [-0.2, 0) is 6.54 Å². The molecule has 1 aromatic rings. The highest BCUT2D eigenvalue weighted by Crippen LogP contribution is 2.33. The van der Waals surface area contributed by atoms with Crippen molar-refractivity contribution >= 4 is 5.69 Å².